The molecule has 1 N–H and O–H groups in total. The maximum Gasteiger partial charge on any atom is 0.156 e. The van der Waals surface area contributed by atoms with Gasteiger partial charge in [0, 0.05) is 5.41 Å². The highest BCUT2D eigenvalue weighted by Crippen LogP contribution is 2.66. The third-order valence-corrected chi connectivity index (χ3v) is 8.48. The number of oxime groups is 1. The fourth-order valence-corrected chi connectivity index (χ4v) is 6.67. The summed E-state index contributed by atoms with van der Waals surface area (Å²) in [4.78, 5) is 15.3. The van der Waals surface area contributed by atoms with Gasteiger partial charge in [-0.3, -0.25) is 0 Å². The molecule has 0 aliphatic heterocycles. The van der Waals surface area contributed by atoms with Crippen LogP contribution in [0.15, 0.2) is 29.0 Å². The molecule has 27 heavy (non-hydrogen) atoms. The molecule has 0 aromatic rings. The Kier molecular flexibility index (Phi) is 4.30. The molecule has 5 heteroatoms. The zero-order chi connectivity index (χ0) is 19.4. The number of fused-ring (bicyclic) bond motifs is 5. The van der Waals surface area contributed by atoms with E-state index in [1.165, 1.54) is 5.57 Å². The molecule has 0 radical (unpaired) electrons. The van der Waals surface area contributed by atoms with Gasteiger partial charge in [0.2, 0.25) is 0 Å². The van der Waals surface area contributed by atoms with Gasteiger partial charge in [0.05, 0.1) is 11.6 Å². The van der Waals surface area contributed by atoms with E-state index in [1.54, 1.807) is 0 Å². The number of nitrogens with zero attached hydrogens (tertiary/aromatic N) is 1. The van der Waals surface area contributed by atoms with E-state index in [-0.39, 0.29) is 10.8 Å². The average Bonchev–Trinajstić information content (AvgIpc) is 2.84. The van der Waals surface area contributed by atoms with Gasteiger partial charge in [0.25, 0.3) is 0 Å². The van der Waals surface area contributed by atoms with E-state index in [4.69, 9.17) is 4.84 Å². The van der Waals surface area contributed by atoms with E-state index in [2.05, 4.69) is 31.2 Å². The highest BCUT2D eigenvalue weighted by atomic mass is 16.6. The Morgan fingerprint density at radius 3 is 2.74 bits per heavy atom. The first-order valence-corrected chi connectivity index (χ1v) is 10.2. The molecule has 0 spiro atoms. The zero-order valence-electron chi connectivity index (χ0n) is 16.5. The van der Waals surface area contributed by atoms with Crippen LogP contribution < -0.4 is 5.11 Å². The summed E-state index contributed by atoms with van der Waals surface area (Å²) < 4.78 is 0. The minimum Gasteiger partial charge on any atom is -0.546 e. The summed E-state index contributed by atoms with van der Waals surface area (Å²) >= 11 is 0. The summed E-state index contributed by atoms with van der Waals surface area (Å²) in [5.41, 5.74) is 1.56. The molecule has 0 amide bonds. The van der Waals surface area contributed by atoms with Gasteiger partial charge in [0.1, 0.15) is 5.71 Å². The van der Waals surface area contributed by atoms with Gasteiger partial charge in [-0.05, 0) is 80.8 Å². The number of carbonyl (C=O) groups excluding carboxylic acids is 1. The molecule has 0 heterocycles. The van der Waals surface area contributed by atoms with Crippen molar-refractivity contribution in [2.24, 2.45) is 33.7 Å². The van der Waals surface area contributed by atoms with E-state index in [1.807, 2.05) is 13.0 Å². The minimum absolute atomic E-state index is 0.0199. The van der Waals surface area contributed by atoms with Gasteiger partial charge in [-0.2, -0.15) is 0 Å². The van der Waals surface area contributed by atoms with Crippen LogP contribution in [-0.2, 0) is 9.63 Å². The number of aliphatic hydroxyl groups is 1. The fraction of sp³-hybridized carbons (Fsp3) is 0.727. The predicted molar refractivity (Wildman–Crippen MR) is 101 cm³/mol. The van der Waals surface area contributed by atoms with Crippen molar-refractivity contribution in [1.29, 1.82) is 0 Å². The van der Waals surface area contributed by atoms with Gasteiger partial charge in [-0.15, -0.1) is 0 Å². The molecule has 3 saturated carbocycles. The molecule has 4 rings (SSSR count). The van der Waals surface area contributed by atoms with Crippen molar-refractivity contribution in [3.63, 3.8) is 0 Å². The van der Waals surface area contributed by atoms with Crippen LogP contribution in [-0.4, -0.2) is 29.0 Å². The second-order valence-corrected chi connectivity index (χ2v) is 9.63. The van der Waals surface area contributed by atoms with E-state index in [0.29, 0.717) is 23.5 Å². The number of allylic oxidation sites excluding steroid dienone is 4. The number of carboxylic acids is 1. The smallest absolute Gasteiger partial charge is 0.156 e. The molecule has 3 fully saturated rings. The minimum atomic E-state index is -1.27. The molecular formula is C22H30NO4-. The number of carboxylic acid groups (broad SMARTS) is 1. The average molecular weight is 372 g/mol. The van der Waals surface area contributed by atoms with Gasteiger partial charge >= 0.3 is 0 Å². The van der Waals surface area contributed by atoms with Crippen LogP contribution in [0.3, 0.4) is 0 Å². The number of hydrogen-bond donors (Lipinski definition) is 1. The lowest BCUT2D eigenvalue weighted by atomic mass is 9.47. The topological polar surface area (TPSA) is 82.0 Å². The van der Waals surface area contributed by atoms with Crippen LogP contribution in [0.1, 0.15) is 59.3 Å². The van der Waals surface area contributed by atoms with Gasteiger partial charge in [-0.25, -0.2) is 0 Å². The summed E-state index contributed by atoms with van der Waals surface area (Å²) in [6.45, 7) is 6.16. The van der Waals surface area contributed by atoms with Crippen molar-refractivity contribution in [3.05, 3.63) is 23.8 Å². The third kappa shape index (κ3) is 2.77. The summed E-state index contributed by atoms with van der Waals surface area (Å²) in [5.74, 6) is 0.568. The Bertz CT molecular complexity index is 737. The Hall–Kier alpha value is -1.62. The standard InChI is InChI=1S/C22H31NO4/c1-20-9-6-15(23-27-13-19(24)25)12-14(20)4-5-16-17(20)7-10-21(2)18(16)8-11-22(21,3)26/h6,9,12,16-18,26H,4-5,7-8,10-11,13H2,1-3H3,(H,24,25)/p-1/b23-15-/t16-,17-,18-,20-,21-,22-/m0/s1. The first-order chi connectivity index (χ1) is 12.7. The highest BCUT2D eigenvalue weighted by molar-refractivity contribution is 6.05. The molecule has 0 saturated heterocycles. The second kappa shape index (κ2) is 6.20. The Balaban J connectivity index is 1.57. The van der Waals surface area contributed by atoms with Crippen molar-refractivity contribution in [2.75, 3.05) is 6.61 Å². The molecule has 0 aromatic carbocycles. The zero-order valence-corrected chi connectivity index (χ0v) is 16.5. The monoisotopic (exact) mass is 372 g/mol. The van der Waals surface area contributed by atoms with Crippen molar-refractivity contribution in [1.82, 2.24) is 0 Å². The van der Waals surface area contributed by atoms with Crippen molar-refractivity contribution < 1.29 is 19.8 Å². The fourth-order valence-electron chi connectivity index (χ4n) is 6.67. The quantitative estimate of drug-likeness (QED) is 0.772. The molecule has 0 unspecified atom stereocenters. The number of aliphatic carboxylic acids is 1. The summed E-state index contributed by atoms with van der Waals surface area (Å²) in [5, 5.41) is 25.4. The van der Waals surface area contributed by atoms with Gasteiger partial charge in [0.15, 0.2) is 6.61 Å². The van der Waals surface area contributed by atoms with Gasteiger partial charge < -0.3 is 19.8 Å². The number of carbonyl (C=O) groups is 1. The van der Waals surface area contributed by atoms with Crippen LogP contribution in [0, 0.1) is 28.6 Å². The van der Waals surface area contributed by atoms with Crippen LogP contribution >= 0.6 is 0 Å². The molecule has 148 valence electrons. The number of rotatable bonds is 3. The summed E-state index contributed by atoms with van der Waals surface area (Å²) in [6, 6.07) is 0. The SMILES string of the molecule is C[C@]12C=C/C(=N/OCC(=O)[O-])C=C1CC[C@H]1[C@@H]2CC[C@@]2(C)[C@H]1CC[C@]2(C)O. The van der Waals surface area contributed by atoms with Crippen LogP contribution in [0.2, 0.25) is 0 Å². The Morgan fingerprint density at radius 2 is 2.00 bits per heavy atom. The summed E-state index contributed by atoms with van der Waals surface area (Å²) in [7, 11) is 0. The van der Waals surface area contributed by atoms with E-state index >= 15 is 0 Å². The van der Waals surface area contributed by atoms with Crippen molar-refractivity contribution >= 4 is 11.7 Å². The second-order valence-electron chi connectivity index (χ2n) is 9.63. The highest BCUT2D eigenvalue weighted by Gasteiger charge is 2.61. The Labute approximate surface area is 161 Å². The van der Waals surface area contributed by atoms with Crippen LogP contribution in [0.4, 0.5) is 0 Å². The largest absolute Gasteiger partial charge is 0.546 e. The first-order valence-electron chi connectivity index (χ1n) is 10.2. The predicted octanol–water partition coefficient (Wildman–Crippen LogP) is 2.60. The first kappa shape index (κ1) is 18.7. The van der Waals surface area contributed by atoms with Crippen LogP contribution in [0.25, 0.3) is 0 Å². The lowest BCUT2D eigenvalue weighted by Crippen LogP contribution is -2.53. The van der Waals surface area contributed by atoms with E-state index < -0.39 is 18.2 Å². The van der Waals surface area contributed by atoms with Crippen LogP contribution in [0.5, 0.6) is 0 Å². The molecule has 4 aliphatic carbocycles. The lowest BCUT2D eigenvalue weighted by molar-refractivity contribution is -0.309. The molecule has 5 nitrogen and oxygen atoms in total. The maximum absolute atomic E-state index is 11.0. The van der Waals surface area contributed by atoms with Crippen molar-refractivity contribution in [3.8, 4) is 0 Å². The normalized spacial score (nSPS) is 47.0. The third-order valence-electron chi connectivity index (χ3n) is 8.48. The van der Waals surface area contributed by atoms with E-state index in [9.17, 15) is 15.0 Å². The molecule has 4 aliphatic rings. The molecule has 0 aromatic heterocycles. The number of hydrogen-bond acceptors (Lipinski definition) is 5. The van der Waals surface area contributed by atoms with E-state index in [0.717, 1.165) is 38.5 Å². The molecule has 6 atom stereocenters. The lowest BCUT2D eigenvalue weighted by Gasteiger charge is -2.58. The Morgan fingerprint density at radius 1 is 1.26 bits per heavy atom. The maximum atomic E-state index is 11.0. The van der Waals surface area contributed by atoms with Crippen molar-refractivity contribution in [2.45, 2.75) is 64.9 Å². The summed E-state index contributed by atoms with van der Waals surface area (Å²) in [6.07, 6.45) is 12.7. The molecule has 0 bridgehead atoms. The van der Waals surface area contributed by atoms with Gasteiger partial charge in [-0.1, -0.05) is 30.7 Å². The molecular weight excluding hydrogens is 342 g/mol.